The summed E-state index contributed by atoms with van der Waals surface area (Å²) in [5.74, 6) is -1.42. The smallest absolute Gasteiger partial charge is 0.254 e. The highest BCUT2D eigenvalue weighted by molar-refractivity contribution is 7.89. The minimum absolute atomic E-state index is 0. The number of sulfonamides is 1. The minimum atomic E-state index is -4.17. The van der Waals surface area contributed by atoms with E-state index < -0.39 is 20.7 Å². The van der Waals surface area contributed by atoms with Crippen LogP contribution in [0.1, 0.15) is 22.0 Å². The van der Waals surface area contributed by atoms with Gasteiger partial charge in [0.15, 0.2) is 0 Å². The summed E-state index contributed by atoms with van der Waals surface area (Å²) in [6.07, 6.45) is 3.33. The first kappa shape index (κ1) is 20.2. The van der Waals surface area contributed by atoms with Gasteiger partial charge >= 0.3 is 0 Å². The van der Waals surface area contributed by atoms with Crippen LogP contribution < -0.4 is 10.5 Å². The van der Waals surface area contributed by atoms with Crippen LogP contribution in [-0.2, 0) is 10.0 Å². The van der Waals surface area contributed by atoms with Crippen LogP contribution in [0.25, 0.3) is 0 Å². The van der Waals surface area contributed by atoms with Gasteiger partial charge < -0.3 is 10.2 Å². The summed E-state index contributed by atoms with van der Waals surface area (Å²) in [4.78, 5) is 17.9. The number of hydrogen-bond donors (Lipinski definition) is 2. The summed E-state index contributed by atoms with van der Waals surface area (Å²) >= 11 is 0. The third kappa shape index (κ3) is 4.18. The summed E-state index contributed by atoms with van der Waals surface area (Å²) in [6, 6.07) is 6.61. The molecule has 2 aromatic rings. The molecule has 1 atom stereocenters. The van der Waals surface area contributed by atoms with Crippen molar-refractivity contribution in [1.82, 2.24) is 15.2 Å². The zero-order chi connectivity index (χ0) is 18.0. The number of amides is 1. The van der Waals surface area contributed by atoms with Crippen LogP contribution in [0.15, 0.2) is 47.6 Å². The number of halogens is 2. The van der Waals surface area contributed by atoms with Crippen LogP contribution in [0.2, 0.25) is 0 Å². The Morgan fingerprint density at radius 3 is 2.73 bits per heavy atom. The van der Waals surface area contributed by atoms with E-state index in [1.165, 1.54) is 6.07 Å². The Bertz CT molecular complexity index is 896. The summed E-state index contributed by atoms with van der Waals surface area (Å²) in [5, 5.41) is 8.16. The quantitative estimate of drug-likeness (QED) is 0.801. The lowest BCUT2D eigenvalue weighted by Crippen LogP contribution is -2.48. The third-order valence-electron chi connectivity index (χ3n) is 4.06. The van der Waals surface area contributed by atoms with Crippen molar-refractivity contribution in [2.75, 3.05) is 19.6 Å². The van der Waals surface area contributed by atoms with Crippen molar-refractivity contribution < 1.29 is 17.6 Å². The van der Waals surface area contributed by atoms with Gasteiger partial charge in [-0.3, -0.25) is 9.78 Å². The minimum Gasteiger partial charge on any atom is -0.329 e. The van der Waals surface area contributed by atoms with Crippen LogP contribution in [0.3, 0.4) is 0 Å². The molecule has 1 aliphatic heterocycles. The average molecular weight is 401 g/mol. The molecule has 2 heterocycles. The molecule has 7 nitrogen and oxygen atoms in total. The molecule has 0 aliphatic carbocycles. The highest BCUT2D eigenvalue weighted by atomic mass is 35.5. The maximum atomic E-state index is 14.0. The second-order valence-electron chi connectivity index (χ2n) is 5.70. The van der Waals surface area contributed by atoms with Crippen molar-refractivity contribution in [2.24, 2.45) is 5.14 Å². The Balaban J connectivity index is 0.00000243. The molecule has 0 spiro atoms. The van der Waals surface area contributed by atoms with Gasteiger partial charge in [-0.2, -0.15) is 0 Å². The summed E-state index contributed by atoms with van der Waals surface area (Å²) in [5.41, 5.74) is 0.936. The molecule has 1 aliphatic rings. The highest BCUT2D eigenvalue weighted by Gasteiger charge is 2.29. The summed E-state index contributed by atoms with van der Waals surface area (Å²) in [6.45, 7) is 1.60. The van der Waals surface area contributed by atoms with Gasteiger partial charge in [0, 0.05) is 37.6 Å². The van der Waals surface area contributed by atoms with E-state index in [1.807, 2.05) is 6.07 Å². The number of carbonyl (C=O) groups is 1. The Morgan fingerprint density at radius 2 is 2.12 bits per heavy atom. The molecule has 0 radical (unpaired) electrons. The molecule has 1 saturated heterocycles. The first-order valence-electron chi connectivity index (χ1n) is 7.62. The number of rotatable bonds is 3. The van der Waals surface area contributed by atoms with Crippen LogP contribution in [0.5, 0.6) is 0 Å². The largest absolute Gasteiger partial charge is 0.329 e. The molecule has 0 saturated carbocycles. The second-order valence-corrected chi connectivity index (χ2v) is 7.22. The van der Waals surface area contributed by atoms with Crippen LogP contribution in [0, 0.1) is 5.82 Å². The first-order valence-corrected chi connectivity index (χ1v) is 9.16. The average Bonchev–Trinajstić information content (AvgIpc) is 2.60. The van der Waals surface area contributed by atoms with Crippen LogP contribution >= 0.6 is 12.4 Å². The van der Waals surface area contributed by atoms with E-state index >= 15 is 0 Å². The molecule has 1 amide bonds. The molecule has 1 unspecified atom stereocenters. The zero-order valence-corrected chi connectivity index (χ0v) is 15.3. The molecule has 140 valence electrons. The van der Waals surface area contributed by atoms with Crippen molar-refractivity contribution in [3.05, 3.63) is 59.7 Å². The van der Waals surface area contributed by atoms with Gasteiger partial charge in [-0.1, -0.05) is 6.07 Å². The van der Waals surface area contributed by atoms with Crippen molar-refractivity contribution in [2.45, 2.75) is 10.9 Å². The predicted molar refractivity (Wildman–Crippen MR) is 95.9 cm³/mol. The van der Waals surface area contributed by atoms with Crippen molar-refractivity contribution in [1.29, 1.82) is 0 Å². The fraction of sp³-hybridized carbons (Fsp3) is 0.250. The van der Waals surface area contributed by atoms with Crippen LogP contribution in [0.4, 0.5) is 4.39 Å². The lowest BCUT2D eigenvalue weighted by molar-refractivity contribution is 0.0633. The number of carbonyl (C=O) groups excluding carboxylic acids is 1. The topological polar surface area (TPSA) is 105 Å². The lowest BCUT2D eigenvalue weighted by Gasteiger charge is -2.36. The molecule has 10 heteroatoms. The van der Waals surface area contributed by atoms with Gasteiger partial charge in [-0.25, -0.2) is 17.9 Å². The Kier molecular flexibility index (Phi) is 6.30. The normalized spacial score (nSPS) is 17.5. The standard InChI is InChI=1S/C16H17FN4O3S.ClH/c17-13-8-11(3-4-15(13)25(18,23)24)16(22)21-7-6-20-10-14(21)12-2-1-5-19-9-12;/h1-5,8-9,14,20H,6-7,10H2,(H2,18,23,24);1H. The fourth-order valence-electron chi connectivity index (χ4n) is 2.85. The molecule has 1 aromatic carbocycles. The molecule has 3 rings (SSSR count). The predicted octanol–water partition coefficient (Wildman–Crippen LogP) is 1.08. The number of primary sulfonamides is 1. The molecule has 1 fully saturated rings. The lowest BCUT2D eigenvalue weighted by atomic mass is 10.0. The highest BCUT2D eigenvalue weighted by Crippen LogP contribution is 2.24. The van der Waals surface area contributed by atoms with Gasteiger partial charge in [0.2, 0.25) is 10.0 Å². The number of hydrogen-bond acceptors (Lipinski definition) is 5. The maximum absolute atomic E-state index is 14.0. The number of pyridine rings is 1. The number of nitrogens with one attached hydrogen (secondary N) is 1. The van der Waals surface area contributed by atoms with Gasteiger partial charge in [0.05, 0.1) is 6.04 Å². The SMILES string of the molecule is Cl.NS(=O)(=O)c1ccc(C(=O)N2CCNCC2c2cccnc2)cc1F. The van der Waals surface area contributed by atoms with E-state index in [4.69, 9.17) is 5.14 Å². The van der Waals surface area contributed by atoms with E-state index in [0.717, 1.165) is 17.7 Å². The van der Waals surface area contributed by atoms with E-state index in [-0.39, 0.29) is 29.9 Å². The van der Waals surface area contributed by atoms with Crippen LogP contribution in [-0.4, -0.2) is 43.8 Å². The molecule has 1 aromatic heterocycles. The molecular weight excluding hydrogens is 383 g/mol. The first-order chi connectivity index (χ1) is 11.9. The number of piperazine rings is 1. The second kappa shape index (κ2) is 8.09. The summed E-state index contributed by atoms with van der Waals surface area (Å²) < 4.78 is 36.6. The Labute approximate surface area is 156 Å². The van der Waals surface area contributed by atoms with Crippen molar-refractivity contribution in [3.63, 3.8) is 0 Å². The van der Waals surface area contributed by atoms with Crippen molar-refractivity contribution in [3.8, 4) is 0 Å². The molecule has 26 heavy (non-hydrogen) atoms. The number of aromatic nitrogens is 1. The number of nitrogens with two attached hydrogens (primary N) is 1. The van der Waals surface area contributed by atoms with Gasteiger partial charge in [0.1, 0.15) is 10.7 Å². The van der Waals surface area contributed by atoms with E-state index in [1.54, 1.807) is 23.4 Å². The van der Waals surface area contributed by atoms with E-state index in [9.17, 15) is 17.6 Å². The van der Waals surface area contributed by atoms with E-state index in [2.05, 4.69) is 10.3 Å². The van der Waals surface area contributed by atoms with Gasteiger partial charge in [-0.15, -0.1) is 12.4 Å². The van der Waals surface area contributed by atoms with Gasteiger partial charge in [-0.05, 0) is 29.8 Å². The Hall–Kier alpha value is -2.07. The third-order valence-corrected chi connectivity index (χ3v) is 5.00. The fourth-order valence-corrected chi connectivity index (χ4v) is 3.44. The van der Waals surface area contributed by atoms with E-state index in [0.29, 0.717) is 19.6 Å². The Morgan fingerprint density at radius 1 is 1.35 bits per heavy atom. The molecular formula is C16H18ClFN4O3S. The summed E-state index contributed by atoms with van der Waals surface area (Å²) in [7, 11) is -4.17. The van der Waals surface area contributed by atoms with Gasteiger partial charge in [0.25, 0.3) is 5.91 Å². The number of nitrogens with zero attached hydrogens (tertiary/aromatic N) is 2. The molecule has 3 N–H and O–H groups in total. The monoisotopic (exact) mass is 400 g/mol. The maximum Gasteiger partial charge on any atom is 0.254 e. The number of benzene rings is 1. The molecule has 0 bridgehead atoms. The zero-order valence-electron chi connectivity index (χ0n) is 13.6. The van der Waals surface area contributed by atoms with Crippen molar-refractivity contribution >= 4 is 28.3 Å².